The fourth-order valence-electron chi connectivity index (χ4n) is 5.09. The number of hydrogen-bond acceptors (Lipinski definition) is 4. The SMILES string of the molecule is C=C(/C=C\C=N/C)c1cc(-c2cccnc2)cc(-c2cccc(-c3cc(-c4cccnc4)cc(-c4cccnc4)c3)c2)c1. The Morgan fingerprint density at radius 1 is 0.535 bits per heavy atom. The topological polar surface area (TPSA) is 51.0 Å². The zero-order chi connectivity index (χ0) is 29.4. The summed E-state index contributed by atoms with van der Waals surface area (Å²) in [6, 6.07) is 34.1. The first kappa shape index (κ1) is 27.4. The van der Waals surface area contributed by atoms with Gasteiger partial charge in [0.25, 0.3) is 0 Å². The molecular weight excluding hydrogens is 524 g/mol. The number of aromatic nitrogens is 3. The van der Waals surface area contributed by atoms with Crippen LogP contribution in [0.1, 0.15) is 5.56 Å². The summed E-state index contributed by atoms with van der Waals surface area (Å²) in [5.41, 5.74) is 12.9. The highest BCUT2D eigenvalue weighted by Crippen LogP contribution is 2.36. The van der Waals surface area contributed by atoms with E-state index in [2.05, 4.69) is 105 Å². The molecule has 0 fully saturated rings. The monoisotopic (exact) mass is 554 g/mol. The second-order valence-corrected chi connectivity index (χ2v) is 10.2. The Labute approximate surface area is 252 Å². The quantitative estimate of drug-likeness (QED) is 0.139. The Kier molecular flexibility index (Phi) is 8.19. The van der Waals surface area contributed by atoms with Gasteiger partial charge in [-0.3, -0.25) is 19.9 Å². The number of pyridine rings is 3. The molecule has 4 nitrogen and oxygen atoms in total. The van der Waals surface area contributed by atoms with Crippen molar-refractivity contribution >= 4 is 11.8 Å². The van der Waals surface area contributed by atoms with Crippen LogP contribution < -0.4 is 0 Å². The molecule has 3 aromatic carbocycles. The van der Waals surface area contributed by atoms with Gasteiger partial charge in [0.1, 0.15) is 0 Å². The van der Waals surface area contributed by atoms with Gasteiger partial charge < -0.3 is 0 Å². The maximum atomic E-state index is 4.36. The standard InChI is InChI=1S/C39H30N4/c1-28(8-4-14-40-2)34-19-35(21-37(20-34)31-11-5-15-41-25-31)29-9-3-10-30(18-29)36-22-38(32-12-6-16-42-26-32)24-39(23-36)33-13-7-17-43-27-33/h3-27H,1H2,2H3/b8-4-,40-14-. The lowest BCUT2D eigenvalue weighted by Gasteiger charge is -2.14. The summed E-state index contributed by atoms with van der Waals surface area (Å²) < 4.78 is 0. The van der Waals surface area contributed by atoms with Crippen LogP contribution in [0.5, 0.6) is 0 Å². The molecule has 0 aliphatic carbocycles. The van der Waals surface area contributed by atoms with Crippen molar-refractivity contribution in [3.05, 3.63) is 159 Å². The normalized spacial score (nSPS) is 11.3. The molecule has 6 aromatic rings. The van der Waals surface area contributed by atoms with Gasteiger partial charge in [-0.25, -0.2) is 0 Å². The Bertz CT molecular complexity index is 1870. The van der Waals surface area contributed by atoms with Gasteiger partial charge in [-0.15, -0.1) is 0 Å². The van der Waals surface area contributed by atoms with Crippen LogP contribution in [0, 0.1) is 0 Å². The minimum atomic E-state index is 0.910. The molecule has 0 aliphatic rings. The third kappa shape index (κ3) is 6.45. The molecule has 206 valence electrons. The maximum absolute atomic E-state index is 4.36. The molecule has 6 rings (SSSR count). The number of benzene rings is 3. The second-order valence-electron chi connectivity index (χ2n) is 10.2. The van der Waals surface area contributed by atoms with Gasteiger partial charge in [0, 0.05) is 67.1 Å². The van der Waals surface area contributed by atoms with E-state index in [1.807, 2.05) is 48.9 Å². The zero-order valence-corrected chi connectivity index (χ0v) is 23.9. The van der Waals surface area contributed by atoms with E-state index in [1.54, 1.807) is 31.9 Å². The van der Waals surface area contributed by atoms with Crippen LogP contribution in [0.3, 0.4) is 0 Å². The van der Waals surface area contributed by atoms with Crippen LogP contribution in [0.25, 0.3) is 61.2 Å². The third-order valence-corrected chi connectivity index (χ3v) is 7.28. The van der Waals surface area contributed by atoms with Crippen molar-refractivity contribution in [3.63, 3.8) is 0 Å². The van der Waals surface area contributed by atoms with Gasteiger partial charge in [-0.1, -0.05) is 49.1 Å². The summed E-state index contributed by atoms with van der Waals surface area (Å²) in [7, 11) is 1.76. The van der Waals surface area contributed by atoms with Crippen molar-refractivity contribution in [1.29, 1.82) is 0 Å². The average molecular weight is 555 g/mol. The van der Waals surface area contributed by atoms with Gasteiger partial charge in [-0.2, -0.15) is 0 Å². The molecule has 4 heteroatoms. The third-order valence-electron chi connectivity index (χ3n) is 7.28. The van der Waals surface area contributed by atoms with E-state index < -0.39 is 0 Å². The van der Waals surface area contributed by atoms with Gasteiger partial charge in [-0.05, 0) is 117 Å². The average Bonchev–Trinajstić information content (AvgIpc) is 3.09. The molecule has 0 unspecified atom stereocenters. The van der Waals surface area contributed by atoms with E-state index >= 15 is 0 Å². The predicted molar refractivity (Wildman–Crippen MR) is 180 cm³/mol. The summed E-state index contributed by atoms with van der Waals surface area (Å²) in [5, 5.41) is 0. The molecule has 0 bridgehead atoms. The zero-order valence-electron chi connectivity index (χ0n) is 23.9. The highest BCUT2D eigenvalue weighted by Gasteiger charge is 2.11. The summed E-state index contributed by atoms with van der Waals surface area (Å²) >= 11 is 0. The predicted octanol–water partition coefficient (Wildman–Crippen LogP) is 9.48. The number of hydrogen-bond donors (Lipinski definition) is 0. The first-order valence-electron chi connectivity index (χ1n) is 14.1. The molecule has 3 heterocycles. The van der Waals surface area contributed by atoms with Crippen molar-refractivity contribution in [2.24, 2.45) is 4.99 Å². The molecule has 0 spiro atoms. The summed E-state index contributed by atoms with van der Waals surface area (Å²) in [6.45, 7) is 4.33. The molecule has 0 amide bonds. The van der Waals surface area contributed by atoms with Crippen molar-refractivity contribution in [2.75, 3.05) is 7.05 Å². The first-order chi connectivity index (χ1) is 21.2. The van der Waals surface area contributed by atoms with E-state index in [-0.39, 0.29) is 0 Å². The molecule has 0 aliphatic heterocycles. The van der Waals surface area contributed by atoms with E-state index in [1.165, 1.54) is 0 Å². The Hall–Kier alpha value is -5.74. The highest BCUT2D eigenvalue weighted by atomic mass is 14.6. The Balaban J connectivity index is 1.47. The van der Waals surface area contributed by atoms with Gasteiger partial charge in [0.2, 0.25) is 0 Å². The Morgan fingerprint density at radius 3 is 1.37 bits per heavy atom. The van der Waals surface area contributed by atoms with Crippen molar-refractivity contribution in [3.8, 4) is 55.6 Å². The second kappa shape index (κ2) is 12.8. The molecule has 3 aromatic heterocycles. The molecule has 0 N–H and O–H groups in total. The lowest BCUT2D eigenvalue weighted by atomic mass is 9.91. The van der Waals surface area contributed by atoms with Crippen LogP contribution >= 0.6 is 0 Å². The number of rotatable bonds is 8. The number of allylic oxidation sites excluding steroid dienone is 3. The fourth-order valence-corrected chi connectivity index (χ4v) is 5.09. The summed E-state index contributed by atoms with van der Waals surface area (Å²) in [4.78, 5) is 17.1. The fraction of sp³-hybridized carbons (Fsp3) is 0.0256. The van der Waals surface area contributed by atoms with Crippen LogP contribution in [0.2, 0.25) is 0 Å². The van der Waals surface area contributed by atoms with Crippen LogP contribution in [-0.2, 0) is 0 Å². The number of aliphatic imine (C=N–C) groups is 1. The van der Waals surface area contributed by atoms with E-state index in [9.17, 15) is 0 Å². The van der Waals surface area contributed by atoms with Crippen LogP contribution in [0.4, 0.5) is 0 Å². The number of nitrogens with zero attached hydrogens (tertiary/aromatic N) is 4. The van der Waals surface area contributed by atoms with E-state index in [4.69, 9.17) is 0 Å². The minimum absolute atomic E-state index is 0.910. The molecule has 0 atom stereocenters. The van der Waals surface area contributed by atoms with Crippen molar-refractivity contribution in [1.82, 2.24) is 15.0 Å². The molecule has 0 saturated carbocycles. The van der Waals surface area contributed by atoms with Crippen molar-refractivity contribution in [2.45, 2.75) is 0 Å². The molecular formula is C39H30N4. The summed E-state index contributed by atoms with van der Waals surface area (Å²) in [5.74, 6) is 0. The maximum Gasteiger partial charge on any atom is 0.0346 e. The largest absolute Gasteiger partial charge is 0.297 e. The van der Waals surface area contributed by atoms with Crippen LogP contribution in [0.15, 0.2) is 158 Å². The van der Waals surface area contributed by atoms with E-state index in [0.717, 1.165) is 66.8 Å². The van der Waals surface area contributed by atoms with Gasteiger partial charge in [0.15, 0.2) is 0 Å². The van der Waals surface area contributed by atoms with E-state index in [0.29, 0.717) is 0 Å². The molecule has 0 saturated heterocycles. The minimum Gasteiger partial charge on any atom is -0.297 e. The smallest absolute Gasteiger partial charge is 0.0346 e. The van der Waals surface area contributed by atoms with Gasteiger partial charge in [0.05, 0.1) is 0 Å². The van der Waals surface area contributed by atoms with Crippen molar-refractivity contribution < 1.29 is 0 Å². The van der Waals surface area contributed by atoms with Crippen LogP contribution in [-0.4, -0.2) is 28.2 Å². The molecule has 43 heavy (non-hydrogen) atoms. The Morgan fingerprint density at radius 2 is 0.930 bits per heavy atom. The first-order valence-corrected chi connectivity index (χ1v) is 14.1. The van der Waals surface area contributed by atoms with Gasteiger partial charge >= 0.3 is 0 Å². The lowest BCUT2D eigenvalue weighted by molar-refractivity contribution is 1.32. The lowest BCUT2D eigenvalue weighted by Crippen LogP contribution is -1.90. The highest BCUT2D eigenvalue weighted by molar-refractivity contribution is 5.87. The molecule has 0 radical (unpaired) electrons. The summed E-state index contributed by atoms with van der Waals surface area (Å²) in [6.07, 6.45) is 16.8.